The number of nitrogens with zero attached hydrogens (tertiary/aromatic N) is 1. The van der Waals surface area contributed by atoms with E-state index in [0.717, 1.165) is 16.5 Å². The first-order valence-corrected chi connectivity index (χ1v) is 10.8. The lowest BCUT2D eigenvalue weighted by Gasteiger charge is -2.21. The average Bonchev–Trinajstić information content (AvgIpc) is 3.14. The van der Waals surface area contributed by atoms with Crippen LogP contribution in [-0.4, -0.2) is 25.5 Å². The third-order valence-corrected chi connectivity index (χ3v) is 7.16. The van der Waals surface area contributed by atoms with Crippen LogP contribution in [0.25, 0.3) is 16.5 Å². The molecule has 0 atom stereocenters. The highest BCUT2D eigenvalue weighted by Gasteiger charge is 2.42. The van der Waals surface area contributed by atoms with E-state index in [-0.39, 0.29) is 4.90 Å². The van der Waals surface area contributed by atoms with E-state index in [4.69, 9.17) is 4.74 Å². The zero-order valence-corrected chi connectivity index (χ0v) is 17.9. The van der Waals surface area contributed by atoms with Gasteiger partial charge in [-0.25, -0.2) is 17.2 Å². The molecule has 29 heavy (non-hydrogen) atoms. The topological polar surface area (TPSA) is 65.4 Å². The number of allylic oxidation sites excluding steroid dienone is 1. The monoisotopic (exact) mass is 409 g/mol. The van der Waals surface area contributed by atoms with Crippen LogP contribution in [-0.2, 0) is 25.0 Å². The van der Waals surface area contributed by atoms with Gasteiger partial charge in [0.25, 0.3) is 10.0 Å². The number of aryl methyl sites for hydroxylation is 2. The Morgan fingerprint density at radius 3 is 2.24 bits per heavy atom. The molecular formula is C23H23NO4S. The highest BCUT2D eigenvalue weighted by atomic mass is 32.2. The predicted octanol–water partition coefficient (Wildman–Crippen LogP) is 4.34. The second-order valence-electron chi connectivity index (χ2n) is 8.10. The van der Waals surface area contributed by atoms with Crippen molar-refractivity contribution in [1.82, 2.24) is 3.97 Å². The standard InChI is InChI=1S/C23H23NO4S/c1-14-6-9-16(10-7-14)29(26,27)24-19-11-8-15(2)12-17(19)20-18(22(25)28-5)13-23(3,4)21(20)24/h6-13H,1-5H3. The maximum absolute atomic E-state index is 13.7. The summed E-state index contributed by atoms with van der Waals surface area (Å²) in [6.07, 6.45) is 1.80. The largest absolute Gasteiger partial charge is 0.465 e. The number of methoxy groups -OCH3 is 1. The van der Waals surface area contributed by atoms with Gasteiger partial charge in [0.2, 0.25) is 0 Å². The van der Waals surface area contributed by atoms with Crippen molar-refractivity contribution in [3.63, 3.8) is 0 Å². The molecule has 0 saturated heterocycles. The fourth-order valence-corrected chi connectivity index (χ4v) is 5.75. The van der Waals surface area contributed by atoms with Crippen LogP contribution < -0.4 is 0 Å². The highest BCUT2D eigenvalue weighted by Crippen LogP contribution is 2.47. The van der Waals surface area contributed by atoms with Crippen LogP contribution in [0.4, 0.5) is 0 Å². The van der Waals surface area contributed by atoms with E-state index < -0.39 is 21.4 Å². The summed E-state index contributed by atoms with van der Waals surface area (Å²) in [6, 6.07) is 12.4. The molecule has 0 fully saturated rings. The van der Waals surface area contributed by atoms with Crippen molar-refractivity contribution in [2.75, 3.05) is 7.11 Å². The number of rotatable bonds is 3. The van der Waals surface area contributed by atoms with Crippen LogP contribution in [0.3, 0.4) is 0 Å². The summed E-state index contributed by atoms with van der Waals surface area (Å²) in [5, 5.41) is 0.734. The molecule has 0 N–H and O–H groups in total. The fraction of sp³-hybridized carbons (Fsp3) is 0.261. The molecule has 2 aromatic carbocycles. The van der Waals surface area contributed by atoms with E-state index in [0.29, 0.717) is 22.3 Å². The lowest BCUT2D eigenvalue weighted by Crippen LogP contribution is -2.23. The number of carbonyl (C=O) groups is 1. The SMILES string of the molecule is COC(=O)C1=CC(C)(C)c2c1c1cc(C)ccc1n2S(=O)(=O)c1ccc(C)cc1. The van der Waals surface area contributed by atoms with Crippen molar-refractivity contribution in [3.05, 3.63) is 70.9 Å². The van der Waals surface area contributed by atoms with E-state index in [9.17, 15) is 13.2 Å². The summed E-state index contributed by atoms with van der Waals surface area (Å²) in [6.45, 7) is 7.68. The van der Waals surface area contributed by atoms with Gasteiger partial charge in [0.05, 0.1) is 28.8 Å². The number of hydrogen-bond acceptors (Lipinski definition) is 4. The maximum atomic E-state index is 13.7. The molecule has 0 unspecified atom stereocenters. The first-order valence-electron chi connectivity index (χ1n) is 9.37. The predicted molar refractivity (Wildman–Crippen MR) is 113 cm³/mol. The van der Waals surface area contributed by atoms with Crippen molar-refractivity contribution in [3.8, 4) is 0 Å². The van der Waals surface area contributed by atoms with Gasteiger partial charge in [-0.3, -0.25) is 0 Å². The lowest BCUT2D eigenvalue weighted by molar-refractivity contribution is -0.133. The summed E-state index contributed by atoms with van der Waals surface area (Å²) in [4.78, 5) is 12.7. The summed E-state index contributed by atoms with van der Waals surface area (Å²) >= 11 is 0. The molecule has 0 aliphatic heterocycles. The zero-order chi connectivity index (χ0) is 21.1. The second-order valence-corrected chi connectivity index (χ2v) is 9.88. The highest BCUT2D eigenvalue weighted by molar-refractivity contribution is 7.90. The molecule has 1 aliphatic carbocycles. The Morgan fingerprint density at radius 1 is 1.00 bits per heavy atom. The smallest absolute Gasteiger partial charge is 0.338 e. The van der Waals surface area contributed by atoms with Gasteiger partial charge in [0.15, 0.2) is 0 Å². The molecule has 0 radical (unpaired) electrons. The summed E-state index contributed by atoms with van der Waals surface area (Å²) in [5.74, 6) is -0.467. The average molecular weight is 410 g/mol. The molecule has 0 saturated carbocycles. The first kappa shape index (κ1) is 19.5. The van der Waals surface area contributed by atoms with Gasteiger partial charge in [0, 0.05) is 16.4 Å². The van der Waals surface area contributed by atoms with Crippen molar-refractivity contribution < 1.29 is 17.9 Å². The molecule has 0 bridgehead atoms. The Hall–Kier alpha value is -2.86. The summed E-state index contributed by atoms with van der Waals surface area (Å²) < 4.78 is 33.8. The number of carbonyl (C=O) groups excluding carboxylic acids is 1. The Kier molecular flexibility index (Phi) is 4.24. The van der Waals surface area contributed by atoms with Crippen molar-refractivity contribution in [1.29, 1.82) is 0 Å². The minimum absolute atomic E-state index is 0.214. The van der Waals surface area contributed by atoms with Gasteiger partial charge in [0.1, 0.15) is 0 Å². The van der Waals surface area contributed by atoms with E-state index in [1.807, 2.05) is 39.8 Å². The Bertz CT molecular complexity index is 1290. The van der Waals surface area contributed by atoms with E-state index in [1.165, 1.54) is 11.1 Å². The third-order valence-electron chi connectivity index (χ3n) is 5.43. The molecule has 1 aliphatic rings. The molecule has 3 aromatic rings. The van der Waals surface area contributed by atoms with E-state index in [1.54, 1.807) is 36.4 Å². The lowest BCUT2D eigenvalue weighted by atomic mass is 9.92. The third kappa shape index (κ3) is 2.82. The van der Waals surface area contributed by atoms with Crippen LogP contribution >= 0.6 is 0 Å². The molecular weight excluding hydrogens is 386 g/mol. The molecule has 5 nitrogen and oxygen atoms in total. The number of esters is 1. The quantitative estimate of drug-likeness (QED) is 0.604. The van der Waals surface area contributed by atoms with Crippen LogP contribution in [0.1, 0.15) is 36.2 Å². The minimum Gasteiger partial charge on any atom is -0.465 e. The number of hydrogen-bond donors (Lipinski definition) is 0. The summed E-state index contributed by atoms with van der Waals surface area (Å²) in [7, 11) is -2.54. The molecule has 4 rings (SSSR count). The number of benzene rings is 2. The summed E-state index contributed by atoms with van der Waals surface area (Å²) in [5.41, 5.74) is 3.49. The minimum atomic E-state index is -3.87. The molecule has 1 heterocycles. The van der Waals surface area contributed by atoms with Gasteiger partial charge < -0.3 is 4.74 Å². The Balaban J connectivity index is 2.13. The molecule has 0 spiro atoms. The van der Waals surface area contributed by atoms with Crippen LogP contribution in [0.5, 0.6) is 0 Å². The van der Waals surface area contributed by atoms with Crippen LogP contribution in [0.2, 0.25) is 0 Å². The van der Waals surface area contributed by atoms with Gasteiger partial charge >= 0.3 is 5.97 Å². The van der Waals surface area contributed by atoms with Crippen LogP contribution in [0.15, 0.2) is 53.4 Å². The molecule has 1 aromatic heterocycles. The molecule has 6 heteroatoms. The van der Waals surface area contributed by atoms with Gasteiger partial charge in [-0.05, 0) is 38.1 Å². The second kappa shape index (κ2) is 6.32. The number of ether oxygens (including phenoxy) is 1. The molecule has 0 amide bonds. The number of fused-ring (bicyclic) bond motifs is 3. The maximum Gasteiger partial charge on any atom is 0.338 e. The molecule has 150 valence electrons. The van der Waals surface area contributed by atoms with Crippen molar-refractivity contribution in [2.24, 2.45) is 0 Å². The zero-order valence-electron chi connectivity index (χ0n) is 17.1. The van der Waals surface area contributed by atoms with Crippen molar-refractivity contribution in [2.45, 2.75) is 38.0 Å². The fourth-order valence-electron chi connectivity index (χ4n) is 4.07. The number of aromatic nitrogens is 1. The van der Waals surface area contributed by atoms with Crippen LogP contribution in [0, 0.1) is 13.8 Å². The van der Waals surface area contributed by atoms with Gasteiger partial charge in [-0.15, -0.1) is 0 Å². The Labute approximate surface area is 170 Å². The van der Waals surface area contributed by atoms with Crippen molar-refractivity contribution >= 4 is 32.5 Å². The Morgan fingerprint density at radius 2 is 1.62 bits per heavy atom. The normalized spacial score (nSPS) is 15.3. The van der Waals surface area contributed by atoms with E-state index >= 15 is 0 Å². The van der Waals surface area contributed by atoms with E-state index in [2.05, 4.69) is 0 Å². The first-order chi connectivity index (χ1) is 13.6. The van der Waals surface area contributed by atoms with Gasteiger partial charge in [-0.2, -0.15) is 0 Å². The van der Waals surface area contributed by atoms with Gasteiger partial charge in [-0.1, -0.05) is 49.2 Å².